The largest absolute Gasteiger partial charge is 0.472 e. The van der Waals surface area contributed by atoms with E-state index in [0.717, 1.165) is 35.5 Å². The Morgan fingerprint density at radius 1 is 1.08 bits per heavy atom. The number of rotatable bonds is 4. The van der Waals surface area contributed by atoms with E-state index in [2.05, 4.69) is 52.7 Å². The maximum absolute atomic E-state index is 13.5. The summed E-state index contributed by atoms with van der Waals surface area (Å²) in [5.74, 6) is 0.447. The third-order valence-corrected chi connectivity index (χ3v) is 9.58. The number of anilines is 2. The summed E-state index contributed by atoms with van der Waals surface area (Å²) in [6.07, 6.45) is 8.55. The first kappa shape index (κ1) is 22.5. The molecule has 0 radical (unpaired) electrons. The average Bonchev–Trinajstić information content (AvgIpc) is 3.62. The van der Waals surface area contributed by atoms with Gasteiger partial charge in [0.25, 0.3) is 5.91 Å². The molecule has 0 saturated carbocycles. The van der Waals surface area contributed by atoms with Crippen molar-refractivity contribution in [2.24, 2.45) is 0 Å². The Hall–Kier alpha value is -2.74. The van der Waals surface area contributed by atoms with Crippen molar-refractivity contribution in [3.8, 4) is 0 Å². The van der Waals surface area contributed by atoms with Crippen LogP contribution in [0.1, 0.15) is 59.5 Å². The summed E-state index contributed by atoms with van der Waals surface area (Å²) in [5.41, 5.74) is 5.58. The Kier molecular flexibility index (Phi) is 5.60. The highest BCUT2D eigenvalue weighted by Crippen LogP contribution is 2.51. The molecule has 2 N–H and O–H groups in total. The van der Waals surface area contributed by atoms with Crippen molar-refractivity contribution in [1.29, 1.82) is 0 Å². The van der Waals surface area contributed by atoms with Crippen LogP contribution in [0.3, 0.4) is 0 Å². The molecule has 0 spiro atoms. The van der Waals surface area contributed by atoms with E-state index in [1.54, 1.807) is 18.0 Å². The molecule has 2 aromatic carbocycles. The Balaban J connectivity index is 1.23. The van der Waals surface area contributed by atoms with Gasteiger partial charge in [0.05, 0.1) is 30.0 Å². The standard InChI is InChI=1S/C29H31N3O3S/c33-23-7-9-31(16-23)29(34)20-13-24(28-27(14-20)36-26-4-2-1-3-25(26)30-28)19-11-21-5-6-22(12-19)32(21)15-18-8-10-35-17-18/h1-4,8,10,13-14,17,19,21-23,30,33H,5-7,9,11-12,15-16H2. The zero-order valence-corrected chi connectivity index (χ0v) is 21.0. The Morgan fingerprint density at radius 2 is 1.92 bits per heavy atom. The Morgan fingerprint density at radius 3 is 2.67 bits per heavy atom. The maximum Gasteiger partial charge on any atom is 0.253 e. The van der Waals surface area contributed by atoms with Crippen molar-refractivity contribution in [1.82, 2.24) is 9.80 Å². The van der Waals surface area contributed by atoms with E-state index in [1.807, 2.05) is 11.2 Å². The van der Waals surface area contributed by atoms with E-state index in [-0.39, 0.29) is 5.91 Å². The minimum atomic E-state index is -0.413. The molecule has 3 aromatic rings. The number of para-hydroxylation sites is 1. The smallest absolute Gasteiger partial charge is 0.253 e. The predicted molar refractivity (Wildman–Crippen MR) is 140 cm³/mol. The third kappa shape index (κ3) is 3.94. The van der Waals surface area contributed by atoms with Crippen LogP contribution in [0, 0.1) is 0 Å². The SMILES string of the molecule is O=C(c1cc2c(c(C3CC4CCC(C3)N4Cc3ccoc3)c1)Nc1ccccc1S2)N1CCC(O)C1. The van der Waals surface area contributed by atoms with Crippen LogP contribution in [-0.2, 0) is 6.54 Å². The number of furan rings is 1. The van der Waals surface area contributed by atoms with Gasteiger partial charge in [0.1, 0.15) is 0 Å². The number of likely N-dealkylation sites (tertiary alicyclic amines) is 1. The quantitative estimate of drug-likeness (QED) is 0.379. The molecule has 1 amide bonds. The van der Waals surface area contributed by atoms with E-state index in [1.165, 1.54) is 34.6 Å². The second-order valence-electron chi connectivity index (χ2n) is 10.7. The van der Waals surface area contributed by atoms with Crippen LogP contribution in [0.5, 0.6) is 0 Å². The second kappa shape index (κ2) is 8.98. The lowest BCUT2D eigenvalue weighted by Gasteiger charge is -2.40. The summed E-state index contributed by atoms with van der Waals surface area (Å²) in [6, 6.07) is 15.8. The summed E-state index contributed by atoms with van der Waals surface area (Å²) in [6.45, 7) is 2.00. The first-order valence-electron chi connectivity index (χ1n) is 13.1. The number of carbonyl (C=O) groups is 1. The highest BCUT2D eigenvalue weighted by atomic mass is 32.2. The maximum atomic E-state index is 13.5. The zero-order chi connectivity index (χ0) is 24.2. The molecule has 3 unspecified atom stereocenters. The zero-order valence-electron chi connectivity index (χ0n) is 20.2. The number of β-amino-alcohol motifs (C(OH)–C–C–N with tert-alkyl or cyclic N) is 1. The molecule has 3 saturated heterocycles. The van der Waals surface area contributed by atoms with E-state index >= 15 is 0 Å². The Bertz CT molecular complexity index is 1280. The fourth-order valence-electron chi connectivity index (χ4n) is 6.70. The van der Waals surface area contributed by atoms with Gasteiger partial charge in [-0.1, -0.05) is 23.9 Å². The summed E-state index contributed by atoms with van der Waals surface area (Å²) in [7, 11) is 0. The number of nitrogens with zero attached hydrogens (tertiary/aromatic N) is 2. The fourth-order valence-corrected chi connectivity index (χ4v) is 7.77. The van der Waals surface area contributed by atoms with Gasteiger partial charge in [-0.15, -0.1) is 0 Å². The molecule has 4 aliphatic rings. The van der Waals surface area contributed by atoms with Gasteiger partial charge in [-0.2, -0.15) is 0 Å². The molecule has 0 aliphatic carbocycles. The minimum absolute atomic E-state index is 0.0374. The van der Waals surface area contributed by atoms with Crippen molar-refractivity contribution in [3.05, 3.63) is 71.7 Å². The number of carbonyl (C=O) groups excluding carboxylic acids is 1. The number of aliphatic hydroxyl groups is 1. The lowest BCUT2D eigenvalue weighted by atomic mass is 9.83. The summed E-state index contributed by atoms with van der Waals surface area (Å²) >= 11 is 1.75. The Labute approximate surface area is 215 Å². The van der Waals surface area contributed by atoms with Crippen molar-refractivity contribution < 1.29 is 14.3 Å². The number of amides is 1. The van der Waals surface area contributed by atoms with Gasteiger partial charge in [-0.25, -0.2) is 0 Å². The van der Waals surface area contributed by atoms with Crippen LogP contribution in [0.4, 0.5) is 11.4 Å². The summed E-state index contributed by atoms with van der Waals surface area (Å²) < 4.78 is 5.32. The van der Waals surface area contributed by atoms with Crippen LogP contribution in [0.2, 0.25) is 0 Å². The lowest BCUT2D eigenvalue weighted by Crippen LogP contribution is -2.41. The van der Waals surface area contributed by atoms with Crippen molar-refractivity contribution in [2.45, 2.75) is 72.5 Å². The van der Waals surface area contributed by atoms with Crippen LogP contribution < -0.4 is 5.32 Å². The number of fused-ring (bicyclic) bond motifs is 4. The van der Waals surface area contributed by atoms with Crippen molar-refractivity contribution in [2.75, 3.05) is 18.4 Å². The fraction of sp³-hybridized carbons (Fsp3) is 0.414. The van der Waals surface area contributed by atoms with E-state index in [0.29, 0.717) is 37.5 Å². The van der Waals surface area contributed by atoms with Gasteiger partial charge < -0.3 is 19.7 Å². The van der Waals surface area contributed by atoms with Crippen molar-refractivity contribution in [3.63, 3.8) is 0 Å². The average molecular weight is 502 g/mol. The summed E-state index contributed by atoms with van der Waals surface area (Å²) in [5, 5.41) is 13.8. The molecule has 2 bridgehead atoms. The molecule has 7 rings (SSSR count). The normalized spacial score (nSPS) is 27.0. The molecule has 36 heavy (non-hydrogen) atoms. The monoisotopic (exact) mass is 501 g/mol. The summed E-state index contributed by atoms with van der Waals surface area (Å²) in [4.78, 5) is 20.3. The van der Waals surface area contributed by atoms with Crippen molar-refractivity contribution >= 4 is 29.0 Å². The van der Waals surface area contributed by atoms with Gasteiger partial charge in [0, 0.05) is 52.6 Å². The first-order valence-corrected chi connectivity index (χ1v) is 13.9. The van der Waals surface area contributed by atoms with E-state index in [4.69, 9.17) is 4.42 Å². The van der Waals surface area contributed by atoms with Gasteiger partial charge in [-0.3, -0.25) is 9.69 Å². The minimum Gasteiger partial charge on any atom is -0.472 e. The highest BCUT2D eigenvalue weighted by molar-refractivity contribution is 7.99. The topological polar surface area (TPSA) is 69.0 Å². The molecule has 1 aromatic heterocycles. The van der Waals surface area contributed by atoms with Gasteiger partial charge in [0.2, 0.25) is 0 Å². The first-order chi connectivity index (χ1) is 17.6. The van der Waals surface area contributed by atoms with E-state index in [9.17, 15) is 9.90 Å². The number of hydrogen-bond donors (Lipinski definition) is 2. The molecular formula is C29H31N3O3S. The third-order valence-electron chi connectivity index (χ3n) is 8.47. The number of benzene rings is 2. The van der Waals surface area contributed by atoms with Crippen LogP contribution >= 0.6 is 11.8 Å². The van der Waals surface area contributed by atoms with Crippen LogP contribution in [0.15, 0.2) is 69.2 Å². The lowest BCUT2D eigenvalue weighted by molar-refractivity contribution is 0.0764. The number of hydrogen-bond acceptors (Lipinski definition) is 6. The number of piperidine rings is 1. The highest BCUT2D eigenvalue weighted by Gasteiger charge is 2.42. The molecule has 3 fully saturated rings. The second-order valence-corrected chi connectivity index (χ2v) is 11.8. The van der Waals surface area contributed by atoms with Gasteiger partial charge in [-0.05, 0) is 73.9 Å². The number of nitrogens with one attached hydrogen (secondary N) is 1. The number of aliphatic hydroxyl groups excluding tert-OH is 1. The molecule has 6 nitrogen and oxygen atoms in total. The molecule has 3 atom stereocenters. The van der Waals surface area contributed by atoms with Crippen LogP contribution in [-0.4, -0.2) is 52.1 Å². The molecular weight excluding hydrogens is 470 g/mol. The van der Waals surface area contributed by atoms with Gasteiger partial charge >= 0.3 is 0 Å². The molecule has 5 heterocycles. The molecule has 186 valence electrons. The molecule has 7 heteroatoms. The van der Waals surface area contributed by atoms with Gasteiger partial charge in [0.15, 0.2) is 0 Å². The van der Waals surface area contributed by atoms with E-state index < -0.39 is 6.10 Å². The van der Waals surface area contributed by atoms with Crippen LogP contribution in [0.25, 0.3) is 0 Å². The molecule has 4 aliphatic heterocycles. The predicted octanol–water partition coefficient (Wildman–Crippen LogP) is 5.61.